The van der Waals surface area contributed by atoms with Crippen LogP contribution in [0.3, 0.4) is 0 Å². The molecule has 1 unspecified atom stereocenters. The maximum atomic E-state index is 11.4. The zero-order chi connectivity index (χ0) is 13.1. The molecule has 0 aromatic rings. The highest BCUT2D eigenvalue weighted by Crippen LogP contribution is 2.16. The summed E-state index contributed by atoms with van der Waals surface area (Å²) in [5.41, 5.74) is 0. The molecule has 0 radical (unpaired) electrons. The molecule has 0 amide bonds. The Hall–Kier alpha value is 0.220. The van der Waals surface area contributed by atoms with Gasteiger partial charge in [-0.15, -0.1) is 0 Å². The number of nitrogens with zero attached hydrogens (tertiary/aromatic N) is 2. The van der Waals surface area contributed by atoms with Gasteiger partial charge in [0.1, 0.15) is 0 Å². The van der Waals surface area contributed by atoms with E-state index in [1.165, 1.54) is 6.26 Å². The Kier molecular flexibility index (Phi) is 5.76. The van der Waals surface area contributed by atoms with E-state index < -0.39 is 10.0 Å². The molecule has 102 valence electrons. The third kappa shape index (κ3) is 4.77. The highest BCUT2D eigenvalue weighted by molar-refractivity contribution is 7.88. The fourth-order valence-electron chi connectivity index (χ4n) is 2.05. The molecular weight excluding hydrogens is 256 g/mol. The number of thiol groups is 1. The maximum Gasteiger partial charge on any atom is 0.211 e. The SMILES string of the molecule is CC(C)C(CS)CN1CCN(S(C)(=O)=O)CC1. The molecule has 0 saturated carbocycles. The van der Waals surface area contributed by atoms with Crippen molar-refractivity contribution in [2.45, 2.75) is 13.8 Å². The minimum Gasteiger partial charge on any atom is -0.300 e. The van der Waals surface area contributed by atoms with E-state index in [1.807, 2.05) is 0 Å². The van der Waals surface area contributed by atoms with Crippen LogP contribution < -0.4 is 0 Å². The van der Waals surface area contributed by atoms with Gasteiger partial charge in [-0.3, -0.25) is 0 Å². The summed E-state index contributed by atoms with van der Waals surface area (Å²) in [5, 5.41) is 0. The summed E-state index contributed by atoms with van der Waals surface area (Å²) in [6.45, 7) is 8.38. The summed E-state index contributed by atoms with van der Waals surface area (Å²) >= 11 is 4.39. The van der Waals surface area contributed by atoms with Crippen molar-refractivity contribution in [1.82, 2.24) is 9.21 Å². The smallest absolute Gasteiger partial charge is 0.211 e. The third-order valence-electron chi connectivity index (χ3n) is 3.47. The second-order valence-corrected chi connectivity index (χ2v) is 7.50. The van der Waals surface area contributed by atoms with Gasteiger partial charge in [-0.05, 0) is 17.6 Å². The molecule has 0 bridgehead atoms. The van der Waals surface area contributed by atoms with E-state index in [2.05, 4.69) is 31.4 Å². The number of hydrogen-bond donors (Lipinski definition) is 1. The second-order valence-electron chi connectivity index (χ2n) is 5.15. The molecule has 1 rings (SSSR count). The van der Waals surface area contributed by atoms with E-state index in [0.29, 0.717) is 24.9 Å². The zero-order valence-corrected chi connectivity index (χ0v) is 12.7. The Labute approximate surface area is 111 Å². The van der Waals surface area contributed by atoms with Crippen molar-refractivity contribution in [1.29, 1.82) is 0 Å². The van der Waals surface area contributed by atoms with Crippen molar-refractivity contribution in [3.63, 3.8) is 0 Å². The van der Waals surface area contributed by atoms with E-state index in [1.54, 1.807) is 4.31 Å². The van der Waals surface area contributed by atoms with Gasteiger partial charge in [-0.25, -0.2) is 8.42 Å². The average molecular weight is 280 g/mol. The van der Waals surface area contributed by atoms with Crippen LogP contribution in [0, 0.1) is 11.8 Å². The van der Waals surface area contributed by atoms with Gasteiger partial charge in [-0.1, -0.05) is 13.8 Å². The summed E-state index contributed by atoms with van der Waals surface area (Å²) in [4.78, 5) is 2.35. The first kappa shape index (κ1) is 15.3. The quantitative estimate of drug-likeness (QED) is 0.756. The van der Waals surface area contributed by atoms with Crippen molar-refractivity contribution in [2.24, 2.45) is 11.8 Å². The lowest BCUT2D eigenvalue weighted by molar-refractivity contribution is 0.157. The van der Waals surface area contributed by atoms with Crippen molar-refractivity contribution >= 4 is 22.7 Å². The Morgan fingerprint density at radius 2 is 1.71 bits per heavy atom. The fourth-order valence-corrected chi connectivity index (χ4v) is 3.42. The van der Waals surface area contributed by atoms with Gasteiger partial charge in [0.2, 0.25) is 10.0 Å². The molecule has 1 aliphatic heterocycles. The first-order valence-electron chi connectivity index (χ1n) is 6.13. The van der Waals surface area contributed by atoms with Crippen LogP contribution in [-0.4, -0.2) is 62.4 Å². The summed E-state index contributed by atoms with van der Waals surface area (Å²) in [5.74, 6) is 2.10. The van der Waals surface area contributed by atoms with Gasteiger partial charge in [0.05, 0.1) is 6.26 Å². The Morgan fingerprint density at radius 1 is 1.18 bits per heavy atom. The minimum atomic E-state index is -3.01. The van der Waals surface area contributed by atoms with E-state index in [4.69, 9.17) is 0 Å². The first-order valence-corrected chi connectivity index (χ1v) is 8.61. The number of sulfonamides is 1. The second kappa shape index (κ2) is 6.41. The topological polar surface area (TPSA) is 40.6 Å². The zero-order valence-electron chi connectivity index (χ0n) is 11.0. The molecule has 4 nitrogen and oxygen atoms in total. The number of hydrogen-bond acceptors (Lipinski definition) is 4. The van der Waals surface area contributed by atoms with Crippen molar-refractivity contribution in [3.8, 4) is 0 Å². The number of rotatable bonds is 5. The van der Waals surface area contributed by atoms with Crippen molar-refractivity contribution < 1.29 is 8.42 Å². The van der Waals surface area contributed by atoms with Crippen LogP contribution in [0.2, 0.25) is 0 Å². The monoisotopic (exact) mass is 280 g/mol. The molecule has 1 atom stereocenters. The lowest BCUT2D eigenvalue weighted by Gasteiger charge is -2.35. The van der Waals surface area contributed by atoms with Gasteiger partial charge in [-0.2, -0.15) is 16.9 Å². The van der Waals surface area contributed by atoms with E-state index in [-0.39, 0.29) is 0 Å². The van der Waals surface area contributed by atoms with Crippen LogP contribution in [-0.2, 0) is 10.0 Å². The highest BCUT2D eigenvalue weighted by atomic mass is 32.2. The van der Waals surface area contributed by atoms with Crippen LogP contribution in [0.5, 0.6) is 0 Å². The number of piperazine rings is 1. The molecule has 17 heavy (non-hydrogen) atoms. The Morgan fingerprint density at radius 3 is 2.06 bits per heavy atom. The summed E-state index contributed by atoms with van der Waals surface area (Å²) < 4.78 is 24.3. The Bertz CT molecular complexity index is 322. The summed E-state index contributed by atoms with van der Waals surface area (Å²) in [6, 6.07) is 0. The highest BCUT2D eigenvalue weighted by Gasteiger charge is 2.25. The van der Waals surface area contributed by atoms with Crippen LogP contribution in [0.4, 0.5) is 0 Å². The third-order valence-corrected chi connectivity index (χ3v) is 5.24. The van der Waals surface area contributed by atoms with E-state index in [0.717, 1.165) is 25.4 Å². The van der Waals surface area contributed by atoms with Gasteiger partial charge in [0.15, 0.2) is 0 Å². The molecule has 0 aliphatic carbocycles. The predicted molar refractivity (Wildman–Crippen MR) is 75.0 cm³/mol. The van der Waals surface area contributed by atoms with Crippen LogP contribution in [0.1, 0.15) is 13.8 Å². The molecule has 1 fully saturated rings. The van der Waals surface area contributed by atoms with Crippen LogP contribution >= 0.6 is 12.6 Å². The van der Waals surface area contributed by atoms with Gasteiger partial charge in [0, 0.05) is 32.7 Å². The van der Waals surface area contributed by atoms with E-state index >= 15 is 0 Å². The van der Waals surface area contributed by atoms with Crippen molar-refractivity contribution in [2.75, 3.05) is 44.7 Å². The molecule has 1 saturated heterocycles. The minimum absolute atomic E-state index is 0.586. The fraction of sp³-hybridized carbons (Fsp3) is 1.00. The van der Waals surface area contributed by atoms with Crippen LogP contribution in [0.25, 0.3) is 0 Å². The lowest BCUT2D eigenvalue weighted by Crippen LogP contribution is -2.49. The largest absolute Gasteiger partial charge is 0.300 e. The van der Waals surface area contributed by atoms with Gasteiger partial charge in [0.25, 0.3) is 0 Å². The maximum absolute atomic E-state index is 11.4. The molecule has 0 spiro atoms. The molecule has 0 aromatic carbocycles. The summed E-state index contributed by atoms with van der Waals surface area (Å²) in [6.07, 6.45) is 1.29. The van der Waals surface area contributed by atoms with Crippen molar-refractivity contribution in [3.05, 3.63) is 0 Å². The van der Waals surface area contributed by atoms with E-state index in [9.17, 15) is 8.42 Å². The normalized spacial score (nSPS) is 21.9. The standard InChI is InChI=1S/C11H24N2O2S2/c1-10(2)11(9-16)8-12-4-6-13(7-5-12)17(3,14)15/h10-11,16H,4-9H2,1-3H3. The average Bonchev–Trinajstić information content (AvgIpc) is 2.25. The summed E-state index contributed by atoms with van der Waals surface area (Å²) in [7, 11) is -3.01. The molecule has 1 aliphatic rings. The first-order chi connectivity index (χ1) is 7.84. The van der Waals surface area contributed by atoms with Crippen LogP contribution in [0.15, 0.2) is 0 Å². The van der Waals surface area contributed by atoms with Gasteiger partial charge < -0.3 is 4.90 Å². The molecule has 6 heteroatoms. The lowest BCUT2D eigenvalue weighted by atomic mass is 9.97. The predicted octanol–water partition coefficient (Wildman–Crippen LogP) is 0.766. The molecule has 1 heterocycles. The molecule has 0 aromatic heterocycles. The Balaban J connectivity index is 2.42. The molecular formula is C11H24N2O2S2. The molecule has 0 N–H and O–H groups in total. The van der Waals surface area contributed by atoms with Gasteiger partial charge >= 0.3 is 0 Å².